The molecule has 39 heavy (non-hydrogen) atoms. The lowest BCUT2D eigenvalue weighted by Crippen LogP contribution is -2.44. The molecule has 1 fully saturated rings. The summed E-state index contributed by atoms with van der Waals surface area (Å²) in [6.07, 6.45) is -2.84. The van der Waals surface area contributed by atoms with E-state index in [1.165, 1.54) is 16.8 Å². The Morgan fingerprint density at radius 2 is 1.77 bits per heavy atom. The number of aryl methyl sites for hydroxylation is 2. The van der Waals surface area contributed by atoms with Gasteiger partial charge in [0.15, 0.2) is 5.82 Å². The summed E-state index contributed by atoms with van der Waals surface area (Å²) in [5.74, 6) is 1.16. The number of aromatic nitrogens is 5. The number of nitrogens with zero attached hydrogens (tertiary/aromatic N) is 7. The fraction of sp³-hybridized carbons (Fsp3) is 0.346. The molecule has 0 unspecified atom stereocenters. The number of benzene rings is 2. The van der Waals surface area contributed by atoms with Gasteiger partial charge in [-0.1, -0.05) is 6.07 Å². The summed E-state index contributed by atoms with van der Waals surface area (Å²) in [5, 5.41) is 10.00. The van der Waals surface area contributed by atoms with E-state index in [0.717, 1.165) is 35.6 Å². The fourth-order valence-corrected chi connectivity index (χ4v) is 4.52. The number of hydrogen-bond donors (Lipinski definition) is 2. The van der Waals surface area contributed by atoms with E-state index in [9.17, 15) is 18.0 Å². The predicted octanol–water partition coefficient (Wildman–Crippen LogP) is 4.14. The molecule has 0 aliphatic carbocycles. The van der Waals surface area contributed by atoms with Gasteiger partial charge >= 0.3 is 12.2 Å². The summed E-state index contributed by atoms with van der Waals surface area (Å²) >= 11 is 0. The molecule has 2 N–H and O–H groups in total. The van der Waals surface area contributed by atoms with E-state index in [-0.39, 0.29) is 23.7 Å². The number of nitrogens with one attached hydrogen (secondary N) is 2. The number of anilines is 2. The van der Waals surface area contributed by atoms with E-state index >= 15 is 0 Å². The smallest absolute Gasteiger partial charge is 0.308 e. The van der Waals surface area contributed by atoms with Crippen LogP contribution in [-0.2, 0) is 19.8 Å². The third-order valence-electron chi connectivity index (χ3n) is 6.61. The highest BCUT2D eigenvalue weighted by molar-refractivity contribution is 5.98. The second-order valence-electron chi connectivity index (χ2n) is 9.60. The molecule has 3 heterocycles. The number of urea groups is 1. The van der Waals surface area contributed by atoms with Crippen molar-refractivity contribution in [1.82, 2.24) is 34.5 Å². The van der Waals surface area contributed by atoms with Gasteiger partial charge in [0.25, 0.3) is 5.95 Å². The molecular weight excluding hydrogens is 511 g/mol. The number of likely N-dealkylation sites (N-methyl/N-ethyl adjacent to an activating group) is 1. The average molecular weight is 540 g/mol. The number of amides is 2. The van der Waals surface area contributed by atoms with Crippen molar-refractivity contribution in [2.24, 2.45) is 7.05 Å². The maximum Gasteiger partial charge on any atom is 0.416 e. The molecule has 2 amide bonds. The third kappa shape index (κ3) is 6.15. The zero-order valence-corrected chi connectivity index (χ0v) is 21.7. The molecule has 4 aromatic rings. The van der Waals surface area contributed by atoms with Crippen LogP contribution in [0, 0.1) is 6.92 Å². The Labute approximate surface area is 222 Å². The van der Waals surface area contributed by atoms with E-state index < -0.39 is 17.8 Å². The summed E-state index contributed by atoms with van der Waals surface area (Å²) in [5.41, 5.74) is 0.948. The number of hydrogen-bond acceptors (Lipinski definition) is 7. The Morgan fingerprint density at radius 3 is 2.51 bits per heavy atom. The SMILES string of the molecule is Cc1ncc2cc(-c3nc(NC(=O)Nc4ccc(CN5CCN(C)CC5)c(C(F)(F)F)c4)nn3C)ccc2n1. The van der Waals surface area contributed by atoms with Crippen molar-refractivity contribution >= 4 is 28.6 Å². The molecule has 5 rings (SSSR count). The molecular formula is C26H28F3N9O. The van der Waals surface area contributed by atoms with Crippen LogP contribution < -0.4 is 10.6 Å². The Kier molecular flexibility index (Phi) is 7.19. The molecule has 10 nitrogen and oxygen atoms in total. The van der Waals surface area contributed by atoms with Gasteiger partial charge in [0.05, 0.1) is 11.1 Å². The molecule has 2 aromatic carbocycles. The number of halogens is 3. The van der Waals surface area contributed by atoms with E-state index in [1.54, 1.807) is 13.2 Å². The second kappa shape index (κ2) is 10.6. The molecule has 13 heteroatoms. The van der Waals surface area contributed by atoms with Crippen molar-refractivity contribution in [2.75, 3.05) is 43.9 Å². The summed E-state index contributed by atoms with van der Waals surface area (Å²) < 4.78 is 43.1. The van der Waals surface area contributed by atoms with Crippen LogP contribution in [0.25, 0.3) is 22.3 Å². The van der Waals surface area contributed by atoms with Gasteiger partial charge in [0, 0.05) is 62.6 Å². The van der Waals surface area contributed by atoms with Gasteiger partial charge in [0.2, 0.25) is 0 Å². The standard InChI is InChI=1S/C26H28F3N9O/c1-16-30-14-19-12-17(5-7-22(19)31-16)23-33-24(35-37(23)3)34-25(39)32-20-6-4-18(21(13-20)26(27,28)29)15-38-10-8-36(2)9-11-38/h4-7,12-14H,8-11,15H2,1-3H3,(H2,32,34,35,39). The molecule has 0 atom stereocenters. The van der Waals surface area contributed by atoms with Crippen LogP contribution in [0.15, 0.2) is 42.6 Å². The lowest BCUT2D eigenvalue weighted by molar-refractivity contribution is -0.138. The first kappa shape index (κ1) is 26.5. The van der Waals surface area contributed by atoms with Crippen LogP contribution in [0.1, 0.15) is 17.0 Å². The Hall–Kier alpha value is -4.10. The molecule has 2 aromatic heterocycles. The average Bonchev–Trinajstić information content (AvgIpc) is 3.24. The zero-order chi connectivity index (χ0) is 27.7. The van der Waals surface area contributed by atoms with Crippen molar-refractivity contribution in [1.29, 1.82) is 0 Å². The van der Waals surface area contributed by atoms with Crippen molar-refractivity contribution in [3.05, 3.63) is 59.5 Å². The molecule has 0 spiro atoms. The maximum absolute atomic E-state index is 13.9. The number of piperazine rings is 1. The first-order valence-electron chi connectivity index (χ1n) is 12.4. The minimum Gasteiger partial charge on any atom is -0.308 e. The minimum absolute atomic E-state index is 0.00739. The normalized spacial score (nSPS) is 15.0. The van der Waals surface area contributed by atoms with Gasteiger partial charge in [0.1, 0.15) is 5.82 Å². The number of fused-ring (bicyclic) bond motifs is 1. The van der Waals surface area contributed by atoms with E-state index in [1.807, 2.05) is 37.1 Å². The largest absolute Gasteiger partial charge is 0.416 e. The highest BCUT2D eigenvalue weighted by Gasteiger charge is 2.34. The highest BCUT2D eigenvalue weighted by atomic mass is 19.4. The van der Waals surface area contributed by atoms with Crippen molar-refractivity contribution in [3.8, 4) is 11.4 Å². The monoisotopic (exact) mass is 539 g/mol. The quantitative estimate of drug-likeness (QED) is 0.393. The summed E-state index contributed by atoms with van der Waals surface area (Å²) in [6.45, 7) is 5.00. The summed E-state index contributed by atoms with van der Waals surface area (Å²) in [6, 6.07) is 8.64. The molecule has 0 saturated carbocycles. The number of rotatable bonds is 5. The van der Waals surface area contributed by atoms with E-state index in [0.29, 0.717) is 24.7 Å². The number of alkyl halides is 3. The Bertz CT molecular complexity index is 1510. The van der Waals surface area contributed by atoms with Crippen molar-refractivity contribution < 1.29 is 18.0 Å². The van der Waals surface area contributed by atoms with Gasteiger partial charge in [-0.25, -0.2) is 19.4 Å². The van der Waals surface area contributed by atoms with Crippen LogP contribution in [0.5, 0.6) is 0 Å². The molecule has 0 bridgehead atoms. The molecule has 0 radical (unpaired) electrons. The first-order chi connectivity index (χ1) is 18.5. The molecule has 204 valence electrons. The zero-order valence-electron chi connectivity index (χ0n) is 21.7. The fourth-order valence-electron chi connectivity index (χ4n) is 4.52. The van der Waals surface area contributed by atoms with E-state index in [2.05, 4.69) is 35.6 Å². The van der Waals surface area contributed by atoms with Gasteiger partial charge in [-0.05, 0) is 49.9 Å². The second-order valence-corrected chi connectivity index (χ2v) is 9.60. The van der Waals surface area contributed by atoms with Crippen LogP contribution in [0.2, 0.25) is 0 Å². The lowest BCUT2D eigenvalue weighted by atomic mass is 10.0. The molecule has 1 saturated heterocycles. The van der Waals surface area contributed by atoms with Crippen molar-refractivity contribution in [2.45, 2.75) is 19.6 Å². The van der Waals surface area contributed by atoms with Crippen molar-refractivity contribution in [3.63, 3.8) is 0 Å². The van der Waals surface area contributed by atoms with Crippen LogP contribution in [0.3, 0.4) is 0 Å². The number of carbonyl (C=O) groups is 1. The Morgan fingerprint density at radius 1 is 1.00 bits per heavy atom. The highest BCUT2D eigenvalue weighted by Crippen LogP contribution is 2.34. The van der Waals surface area contributed by atoms with Gasteiger partial charge in [-0.15, -0.1) is 5.10 Å². The van der Waals surface area contributed by atoms with E-state index in [4.69, 9.17) is 0 Å². The predicted molar refractivity (Wildman–Crippen MR) is 141 cm³/mol. The molecule has 1 aliphatic rings. The van der Waals surface area contributed by atoms with Gasteiger partial charge in [-0.2, -0.15) is 18.2 Å². The first-order valence-corrected chi connectivity index (χ1v) is 12.4. The van der Waals surface area contributed by atoms with Crippen LogP contribution in [-0.4, -0.2) is 73.8 Å². The van der Waals surface area contributed by atoms with Gasteiger partial charge < -0.3 is 10.2 Å². The summed E-state index contributed by atoms with van der Waals surface area (Å²) in [7, 11) is 3.67. The maximum atomic E-state index is 13.9. The Balaban J connectivity index is 1.29. The minimum atomic E-state index is -4.56. The number of carbonyl (C=O) groups excluding carboxylic acids is 1. The topological polar surface area (TPSA) is 104 Å². The molecule has 1 aliphatic heterocycles. The lowest BCUT2D eigenvalue weighted by Gasteiger charge is -2.33. The summed E-state index contributed by atoms with van der Waals surface area (Å²) in [4.78, 5) is 29.7. The van der Waals surface area contributed by atoms with Gasteiger partial charge in [-0.3, -0.25) is 10.2 Å². The van der Waals surface area contributed by atoms with Crippen LogP contribution in [0.4, 0.5) is 29.6 Å². The van der Waals surface area contributed by atoms with Crippen LogP contribution >= 0.6 is 0 Å². The third-order valence-corrected chi connectivity index (χ3v) is 6.61.